The SMILES string of the molecule is Cc1cccc(-n2ncc(-c3nnn(Cc4ccc([N+](=O)[O-])cc4)n3)c2SCc2ccccc2)c1C. The first-order chi connectivity index (χ1) is 17.5. The predicted octanol–water partition coefficient (Wildman–Crippen LogP) is 5.39. The quantitative estimate of drug-likeness (QED) is 0.161. The second kappa shape index (κ2) is 10.1. The molecule has 3 aromatic carbocycles. The van der Waals surface area contributed by atoms with E-state index in [2.05, 4.69) is 53.5 Å². The van der Waals surface area contributed by atoms with E-state index in [-0.39, 0.29) is 5.69 Å². The Labute approximate surface area is 211 Å². The Morgan fingerprint density at radius 3 is 2.47 bits per heavy atom. The highest BCUT2D eigenvalue weighted by Gasteiger charge is 2.20. The van der Waals surface area contributed by atoms with Crippen molar-refractivity contribution in [2.24, 2.45) is 0 Å². The molecule has 0 aliphatic carbocycles. The summed E-state index contributed by atoms with van der Waals surface area (Å²) in [5, 5.41) is 29.7. The van der Waals surface area contributed by atoms with Gasteiger partial charge in [0.05, 0.1) is 28.9 Å². The summed E-state index contributed by atoms with van der Waals surface area (Å²) in [4.78, 5) is 12.0. The fraction of sp³-hybridized carbons (Fsp3) is 0.154. The Hall–Kier alpha value is -4.31. The van der Waals surface area contributed by atoms with Gasteiger partial charge in [-0.3, -0.25) is 10.1 Å². The van der Waals surface area contributed by atoms with Crippen LogP contribution in [-0.4, -0.2) is 34.9 Å². The number of non-ortho nitro benzene ring substituents is 1. The van der Waals surface area contributed by atoms with E-state index in [1.165, 1.54) is 28.1 Å². The van der Waals surface area contributed by atoms with Gasteiger partial charge in [-0.2, -0.15) is 9.90 Å². The van der Waals surface area contributed by atoms with Crippen molar-refractivity contribution in [3.05, 3.63) is 111 Å². The predicted molar refractivity (Wildman–Crippen MR) is 138 cm³/mol. The third-order valence-corrected chi connectivity index (χ3v) is 7.06. The lowest BCUT2D eigenvalue weighted by Crippen LogP contribution is -2.04. The molecule has 0 saturated heterocycles. The van der Waals surface area contributed by atoms with Gasteiger partial charge in [-0.05, 0) is 47.4 Å². The van der Waals surface area contributed by atoms with Crippen molar-refractivity contribution in [3.8, 4) is 17.1 Å². The number of nitro benzene ring substituents is 1. The van der Waals surface area contributed by atoms with Gasteiger partial charge in [-0.25, -0.2) is 4.68 Å². The Balaban J connectivity index is 1.47. The van der Waals surface area contributed by atoms with Crippen LogP contribution in [0, 0.1) is 24.0 Å². The van der Waals surface area contributed by atoms with E-state index in [0.717, 1.165) is 33.2 Å². The molecule has 5 rings (SSSR count). The van der Waals surface area contributed by atoms with Crippen LogP contribution < -0.4 is 0 Å². The summed E-state index contributed by atoms with van der Waals surface area (Å²) in [5.41, 5.74) is 6.25. The minimum atomic E-state index is -0.419. The average Bonchev–Trinajstić information content (AvgIpc) is 3.52. The van der Waals surface area contributed by atoms with Crippen molar-refractivity contribution in [1.82, 2.24) is 30.0 Å². The molecule has 0 radical (unpaired) electrons. The molecular formula is C26H23N7O2S. The molecule has 0 spiro atoms. The van der Waals surface area contributed by atoms with E-state index in [1.807, 2.05) is 28.9 Å². The third-order valence-electron chi connectivity index (χ3n) is 5.91. The van der Waals surface area contributed by atoms with Gasteiger partial charge in [0, 0.05) is 17.9 Å². The van der Waals surface area contributed by atoms with Gasteiger partial charge < -0.3 is 0 Å². The lowest BCUT2D eigenvalue weighted by molar-refractivity contribution is -0.384. The van der Waals surface area contributed by atoms with Crippen molar-refractivity contribution < 1.29 is 4.92 Å². The maximum Gasteiger partial charge on any atom is 0.269 e. The van der Waals surface area contributed by atoms with Crippen LogP contribution in [0.1, 0.15) is 22.3 Å². The molecule has 0 unspecified atom stereocenters. The highest BCUT2D eigenvalue weighted by molar-refractivity contribution is 7.98. The molecule has 0 atom stereocenters. The maximum atomic E-state index is 10.9. The zero-order valence-corrected chi connectivity index (χ0v) is 20.6. The standard InChI is InChI=1S/C26H23N7O2S/c1-18-7-6-10-24(19(18)2)32-26(36-17-21-8-4-3-5-9-21)23(15-27-32)25-28-30-31(29-25)16-20-11-13-22(14-12-20)33(34)35/h3-15H,16-17H2,1-2H3. The number of hydrogen-bond acceptors (Lipinski definition) is 7. The van der Waals surface area contributed by atoms with Crippen LogP contribution in [-0.2, 0) is 12.3 Å². The van der Waals surface area contributed by atoms with Gasteiger partial charge in [0.15, 0.2) is 0 Å². The largest absolute Gasteiger partial charge is 0.269 e. The lowest BCUT2D eigenvalue weighted by Gasteiger charge is -2.12. The molecule has 0 amide bonds. The van der Waals surface area contributed by atoms with Crippen molar-refractivity contribution in [1.29, 1.82) is 0 Å². The van der Waals surface area contributed by atoms with Crippen LogP contribution in [0.3, 0.4) is 0 Å². The lowest BCUT2D eigenvalue weighted by atomic mass is 10.1. The number of nitro groups is 1. The summed E-state index contributed by atoms with van der Waals surface area (Å²) in [6, 6.07) is 22.8. The summed E-state index contributed by atoms with van der Waals surface area (Å²) in [7, 11) is 0. The molecule has 180 valence electrons. The van der Waals surface area contributed by atoms with Gasteiger partial charge >= 0.3 is 0 Å². The topological polar surface area (TPSA) is 105 Å². The van der Waals surface area contributed by atoms with Crippen molar-refractivity contribution >= 4 is 17.4 Å². The monoisotopic (exact) mass is 497 g/mol. The Morgan fingerprint density at radius 1 is 0.944 bits per heavy atom. The van der Waals surface area contributed by atoms with Crippen molar-refractivity contribution in [2.45, 2.75) is 31.2 Å². The molecule has 36 heavy (non-hydrogen) atoms. The van der Waals surface area contributed by atoms with Gasteiger partial charge in [0.2, 0.25) is 5.82 Å². The van der Waals surface area contributed by atoms with E-state index in [0.29, 0.717) is 12.4 Å². The van der Waals surface area contributed by atoms with Gasteiger partial charge in [0.1, 0.15) is 5.03 Å². The molecule has 5 aromatic rings. The molecule has 0 saturated carbocycles. The first-order valence-electron chi connectivity index (χ1n) is 11.3. The summed E-state index contributed by atoms with van der Waals surface area (Å²) >= 11 is 1.67. The summed E-state index contributed by atoms with van der Waals surface area (Å²) in [5.74, 6) is 1.24. The molecule has 0 N–H and O–H groups in total. The van der Waals surface area contributed by atoms with Gasteiger partial charge in [-0.1, -0.05) is 54.6 Å². The van der Waals surface area contributed by atoms with E-state index >= 15 is 0 Å². The smallest absolute Gasteiger partial charge is 0.258 e. The Kier molecular flexibility index (Phi) is 6.59. The number of aryl methyl sites for hydroxylation is 1. The number of benzene rings is 3. The zero-order valence-electron chi connectivity index (χ0n) is 19.8. The number of tetrazole rings is 1. The van der Waals surface area contributed by atoms with Crippen LogP contribution in [0.2, 0.25) is 0 Å². The Bertz CT molecular complexity index is 1510. The maximum absolute atomic E-state index is 10.9. The molecular weight excluding hydrogens is 474 g/mol. The van der Waals surface area contributed by atoms with Crippen molar-refractivity contribution in [3.63, 3.8) is 0 Å². The second-order valence-electron chi connectivity index (χ2n) is 8.34. The molecule has 0 fully saturated rings. The number of thioether (sulfide) groups is 1. The summed E-state index contributed by atoms with van der Waals surface area (Å²) in [6.07, 6.45) is 1.78. The number of hydrogen-bond donors (Lipinski definition) is 0. The van der Waals surface area contributed by atoms with E-state index in [1.54, 1.807) is 30.1 Å². The summed E-state index contributed by atoms with van der Waals surface area (Å²) < 4.78 is 1.95. The first kappa shape index (κ1) is 23.4. The van der Waals surface area contributed by atoms with Crippen LogP contribution in [0.25, 0.3) is 17.1 Å². The minimum absolute atomic E-state index is 0.0462. The fourth-order valence-corrected chi connectivity index (χ4v) is 4.86. The molecule has 2 heterocycles. The minimum Gasteiger partial charge on any atom is -0.258 e. The number of aromatic nitrogens is 6. The van der Waals surface area contributed by atoms with Crippen LogP contribution >= 0.6 is 11.8 Å². The van der Waals surface area contributed by atoms with Gasteiger partial charge in [-0.15, -0.1) is 22.0 Å². The number of nitrogens with zero attached hydrogens (tertiary/aromatic N) is 7. The van der Waals surface area contributed by atoms with Crippen LogP contribution in [0.5, 0.6) is 0 Å². The normalized spacial score (nSPS) is 11.1. The second-order valence-corrected chi connectivity index (χ2v) is 9.30. The van der Waals surface area contributed by atoms with E-state index in [4.69, 9.17) is 5.10 Å². The third kappa shape index (κ3) is 4.89. The number of rotatable bonds is 8. The molecule has 9 nitrogen and oxygen atoms in total. The van der Waals surface area contributed by atoms with E-state index < -0.39 is 4.92 Å². The van der Waals surface area contributed by atoms with Gasteiger partial charge in [0.25, 0.3) is 5.69 Å². The average molecular weight is 498 g/mol. The van der Waals surface area contributed by atoms with Crippen LogP contribution in [0.4, 0.5) is 5.69 Å². The van der Waals surface area contributed by atoms with Crippen molar-refractivity contribution in [2.75, 3.05) is 0 Å². The highest BCUT2D eigenvalue weighted by Crippen LogP contribution is 2.34. The van der Waals surface area contributed by atoms with E-state index in [9.17, 15) is 10.1 Å². The first-order valence-corrected chi connectivity index (χ1v) is 12.3. The summed E-state index contributed by atoms with van der Waals surface area (Å²) in [6.45, 7) is 4.53. The molecule has 0 aliphatic rings. The molecule has 0 bridgehead atoms. The highest BCUT2D eigenvalue weighted by atomic mass is 32.2. The molecule has 10 heteroatoms. The molecule has 0 aliphatic heterocycles. The van der Waals surface area contributed by atoms with Crippen LogP contribution in [0.15, 0.2) is 84.0 Å². The Morgan fingerprint density at radius 2 is 1.72 bits per heavy atom. The molecule has 2 aromatic heterocycles. The zero-order chi connectivity index (χ0) is 25.1. The fourth-order valence-electron chi connectivity index (χ4n) is 3.80.